The normalized spacial score (nSPS) is 23.6. The summed E-state index contributed by atoms with van der Waals surface area (Å²) in [5.74, 6) is -2.24. The molecule has 11 heteroatoms. The summed E-state index contributed by atoms with van der Waals surface area (Å²) in [4.78, 5) is 37.7. The summed E-state index contributed by atoms with van der Waals surface area (Å²) < 4.78 is 6.19. The van der Waals surface area contributed by atoms with E-state index in [0.717, 1.165) is 5.56 Å². The van der Waals surface area contributed by atoms with Crippen LogP contribution in [0.4, 0.5) is 5.69 Å². The Morgan fingerprint density at radius 2 is 1.97 bits per heavy atom. The number of aliphatic hydroxyl groups excluding tert-OH is 1. The highest BCUT2D eigenvalue weighted by molar-refractivity contribution is 8.05. The molecule has 1 fully saturated rings. The van der Waals surface area contributed by atoms with Crippen molar-refractivity contribution in [3.05, 3.63) is 62.0 Å². The van der Waals surface area contributed by atoms with Gasteiger partial charge in [-0.05, 0) is 44.0 Å². The number of carboxylic acid groups (broad SMARTS) is 1. The van der Waals surface area contributed by atoms with E-state index in [2.05, 4.69) is 0 Å². The molecule has 33 heavy (non-hydrogen) atoms. The van der Waals surface area contributed by atoms with Crippen molar-refractivity contribution in [2.45, 2.75) is 45.1 Å². The molecular weight excluding hydrogens is 464 g/mol. The SMILES string of the molecule is C[C@H](O[Si](C)(C)C)[C@@H]1C(=O)N2C(C(=O)O)=C(S/C=C\CO)C(Cc3ccc([N+](=O)[O-])cc3)[C@@H]12. The molecule has 4 atom stereocenters. The fraction of sp³-hybridized carbons (Fsp3) is 0.455. The van der Waals surface area contributed by atoms with Crippen LogP contribution in [0.15, 0.2) is 46.4 Å². The molecule has 2 N–H and O–H groups in total. The largest absolute Gasteiger partial charge is 0.477 e. The average Bonchev–Trinajstić information content (AvgIpc) is 2.97. The van der Waals surface area contributed by atoms with E-state index in [1.807, 2.05) is 26.6 Å². The molecule has 0 aliphatic carbocycles. The summed E-state index contributed by atoms with van der Waals surface area (Å²) in [5.41, 5.74) is 0.738. The smallest absolute Gasteiger partial charge is 0.353 e. The molecule has 2 aliphatic rings. The fourth-order valence-electron chi connectivity index (χ4n) is 4.52. The number of hydrogen-bond acceptors (Lipinski definition) is 7. The van der Waals surface area contributed by atoms with Gasteiger partial charge in [-0.3, -0.25) is 14.9 Å². The second kappa shape index (κ2) is 9.80. The van der Waals surface area contributed by atoms with Gasteiger partial charge in [0, 0.05) is 23.0 Å². The molecule has 1 amide bonds. The van der Waals surface area contributed by atoms with E-state index in [1.165, 1.54) is 34.9 Å². The number of fused-ring (bicyclic) bond motifs is 1. The van der Waals surface area contributed by atoms with Gasteiger partial charge in [0.25, 0.3) is 5.69 Å². The van der Waals surface area contributed by atoms with E-state index < -0.39 is 25.1 Å². The number of carbonyl (C=O) groups excluding carboxylic acids is 1. The number of carbonyl (C=O) groups is 2. The first kappa shape index (κ1) is 25.2. The third-order valence-corrected chi connectivity index (χ3v) is 7.82. The van der Waals surface area contributed by atoms with Crippen molar-refractivity contribution in [2.24, 2.45) is 11.8 Å². The lowest BCUT2D eigenvalue weighted by Gasteiger charge is -2.49. The number of benzene rings is 1. The third kappa shape index (κ3) is 5.21. The first-order valence-electron chi connectivity index (χ1n) is 10.6. The Morgan fingerprint density at radius 3 is 2.48 bits per heavy atom. The van der Waals surface area contributed by atoms with Gasteiger partial charge < -0.3 is 19.5 Å². The number of carboxylic acids is 1. The van der Waals surface area contributed by atoms with Crippen molar-refractivity contribution in [3.63, 3.8) is 0 Å². The topological polar surface area (TPSA) is 130 Å². The number of nitro groups is 1. The number of aliphatic hydroxyl groups is 1. The molecule has 9 nitrogen and oxygen atoms in total. The van der Waals surface area contributed by atoms with Gasteiger partial charge in [-0.1, -0.05) is 30.0 Å². The van der Waals surface area contributed by atoms with Gasteiger partial charge >= 0.3 is 5.97 Å². The van der Waals surface area contributed by atoms with Gasteiger partial charge in [-0.2, -0.15) is 0 Å². The summed E-state index contributed by atoms with van der Waals surface area (Å²) in [6.07, 6.45) is 1.55. The molecule has 1 aromatic rings. The molecule has 2 heterocycles. The molecule has 0 aromatic heterocycles. The van der Waals surface area contributed by atoms with Crippen LogP contribution in [0.3, 0.4) is 0 Å². The van der Waals surface area contributed by atoms with E-state index in [-0.39, 0.29) is 42.0 Å². The molecule has 0 spiro atoms. The lowest BCUT2D eigenvalue weighted by atomic mass is 9.76. The zero-order valence-corrected chi connectivity index (χ0v) is 20.7. The summed E-state index contributed by atoms with van der Waals surface area (Å²) >= 11 is 1.18. The van der Waals surface area contributed by atoms with Crippen LogP contribution >= 0.6 is 11.8 Å². The van der Waals surface area contributed by atoms with Crippen LogP contribution in [0.5, 0.6) is 0 Å². The molecule has 0 bridgehead atoms. The summed E-state index contributed by atoms with van der Waals surface area (Å²) in [6, 6.07) is 5.77. The second-order valence-electron chi connectivity index (χ2n) is 9.08. The molecule has 1 unspecified atom stereocenters. The maximum Gasteiger partial charge on any atom is 0.353 e. The molecule has 1 saturated heterocycles. The summed E-state index contributed by atoms with van der Waals surface area (Å²) in [6.45, 7) is 7.78. The van der Waals surface area contributed by atoms with E-state index in [9.17, 15) is 24.8 Å². The molecule has 178 valence electrons. The first-order valence-corrected chi connectivity index (χ1v) is 14.9. The van der Waals surface area contributed by atoms with Crippen molar-refractivity contribution in [2.75, 3.05) is 6.61 Å². The van der Waals surface area contributed by atoms with E-state index >= 15 is 0 Å². The van der Waals surface area contributed by atoms with Gasteiger partial charge in [0.15, 0.2) is 8.32 Å². The predicted octanol–water partition coefficient (Wildman–Crippen LogP) is 3.37. The van der Waals surface area contributed by atoms with Crippen molar-refractivity contribution in [1.82, 2.24) is 4.90 Å². The van der Waals surface area contributed by atoms with Gasteiger partial charge in [0.05, 0.1) is 29.6 Å². The number of amides is 1. The minimum Gasteiger partial charge on any atom is -0.477 e. The zero-order chi connectivity index (χ0) is 24.5. The van der Waals surface area contributed by atoms with Crippen LogP contribution < -0.4 is 0 Å². The highest BCUT2D eigenvalue weighted by Gasteiger charge is 2.61. The maximum atomic E-state index is 13.1. The number of nitrogens with zero attached hydrogens (tertiary/aromatic N) is 2. The minimum atomic E-state index is -1.94. The van der Waals surface area contributed by atoms with Gasteiger partial charge in [0.1, 0.15) is 5.70 Å². The molecule has 3 rings (SSSR count). The Morgan fingerprint density at radius 1 is 1.33 bits per heavy atom. The van der Waals surface area contributed by atoms with Crippen LogP contribution in [0.25, 0.3) is 0 Å². The summed E-state index contributed by atoms with van der Waals surface area (Å²) in [7, 11) is -1.94. The van der Waals surface area contributed by atoms with Gasteiger partial charge in [-0.25, -0.2) is 4.79 Å². The molecule has 2 aliphatic heterocycles. The first-order chi connectivity index (χ1) is 15.5. The maximum absolute atomic E-state index is 13.1. The fourth-order valence-corrected chi connectivity index (χ4v) is 6.80. The number of β-lactam (4-membered cyclic amide) rings is 1. The Hall–Kier alpha value is -2.47. The number of rotatable bonds is 10. The highest BCUT2D eigenvalue weighted by Crippen LogP contribution is 2.52. The van der Waals surface area contributed by atoms with E-state index in [4.69, 9.17) is 9.53 Å². The Labute approximate surface area is 197 Å². The highest BCUT2D eigenvalue weighted by atomic mass is 32.2. The number of non-ortho nitro benzene ring substituents is 1. The summed E-state index contributed by atoms with van der Waals surface area (Å²) in [5, 5.41) is 31.7. The molecule has 0 radical (unpaired) electrons. The van der Waals surface area contributed by atoms with E-state index in [1.54, 1.807) is 17.5 Å². The molecular formula is C22H28N2O7SSi. The number of nitro benzene ring substituents is 1. The van der Waals surface area contributed by atoms with Crippen LogP contribution in [0.1, 0.15) is 12.5 Å². The number of aliphatic carboxylic acids is 1. The second-order valence-corrected chi connectivity index (χ2v) is 14.5. The average molecular weight is 493 g/mol. The van der Waals surface area contributed by atoms with Crippen LogP contribution in [-0.4, -0.2) is 59.0 Å². The van der Waals surface area contributed by atoms with E-state index in [0.29, 0.717) is 11.3 Å². The molecule has 1 aromatic carbocycles. The van der Waals surface area contributed by atoms with Crippen molar-refractivity contribution in [1.29, 1.82) is 0 Å². The van der Waals surface area contributed by atoms with Crippen molar-refractivity contribution in [3.8, 4) is 0 Å². The quantitative estimate of drug-likeness (QED) is 0.220. The standard InChI is InChI=1S/C22H28N2O7SSi/c1-13(31-33(2,3)4)17-18-16(12-14-6-8-15(9-7-14)24(29)30)20(32-11-5-10-25)19(22(27)28)23(18)21(17)26/h5-9,11,13,16-18,25H,10,12H2,1-4H3,(H,27,28)/b11-5-/t13-,16?,17-,18-/m0/s1. The number of thioether (sulfide) groups is 1. The zero-order valence-electron chi connectivity index (χ0n) is 18.9. The van der Waals surface area contributed by atoms with Crippen LogP contribution in [0, 0.1) is 22.0 Å². The Balaban J connectivity index is 1.99. The lowest BCUT2D eigenvalue weighted by molar-refractivity contribution is -0.384. The van der Waals surface area contributed by atoms with Crippen LogP contribution in [-0.2, 0) is 20.4 Å². The third-order valence-electron chi connectivity index (χ3n) is 5.66. The Kier molecular flexibility index (Phi) is 7.47. The number of hydrogen-bond donors (Lipinski definition) is 2. The minimum absolute atomic E-state index is 0.0251. The monoisotopic (exact) mass is 492 g/mol. The predicted molar refractivity (Wildman–Crippen MR) is 127 cm³/mol. The van der Waals surface area contributed by atoms with Crippen LogP contribution in [0.2, 0.25) is 19.6 Å². The molecule has 0 saturated carbocycles. The van der Waals surface area contributed by atoms with Crippen molar-refractivity contribution < 1.29 is 29.2 Å². The lowest BCUT2D eigenvalue weighted by Crippen LogP contribution is -2.65. The van der Waals surface area contributed by atoms with Crippen molar-refractivity contribution >= 4 is 37.6 Å². The Bertz CT molecular complexity index is 1000. The van der Waals surface area contributed by atoms with Gasteiger partial charge in [-0.15, -0.1) is 0 Å². The van der Waals surface area contributed by atoms with Gasteiger partial charge in [0.2, 0.25) is 5.91 Å².